The first kappa shape index (κ1) is 7.08. The Morgan fingerprint density at radius 2 is 2.60 bits per heavy atom. The number of hydrogen-bond donors (Lipinski definition) is 1. The molecular weight excluding hydrogens is 150 g/mol. The summed E-state index contributed by atoms with van der Waals surface area (Å²) < 4.78 is 1.42. The zero-order valence-electron chi connectivity index (χ0n) is 5.28. The molecule has 0 unspecified atom stereocenters. The van der Waals surface area contributed by atoms with E-state index in [-0.39, 0.29) is 17.9 Å². The molecule has 0 bridgehead atoms. The Labute approximate surface area is 62.0 Å². The Morgan fingerprint density at radius 1 is 1.90 bits per heavy atom. The third kappa shape index (κ3) is 1.48. The lowest BCUT2D eigenvalue weighted by molar-refractivity contribution is 0.382. The van der Waals surface area contributed by atoms with Crippen LogP contribution in [0, 0.1) is 0 Å². The van der Waals surface area contributed by atoms with Gasteiger partial charge < -0.3 is 5.11 Å². The average molecular weight is 157 g/mol. The molecule has 0 saturated carbocycles. The molecule has 0 amide bonds. The van der Waals surface area contributed by atoms with Crippen LogP contribution in [-0.4, -0.2) is 9.06 Å². The molecular formula is C6H7NO2S. The van der Waals surface area contributed by atoms with E-state index in [9.17, 15) is 4.79 Å². The first-order valence-electron chi connectivity index (χ1n) is 2.71. The summed E-state index contributed by atoms with van der Waals surface area (Å²) in [5, 5.41) is 10.4. The van der Waals surface area contributed by atoms with E-state index in [4.69, 9.17) is 5.11 Å². The monoisotopic (exact) mass is 157 g/mol. The van der Waals surface area contributed by atoms with E-state index in [1.54, 1.807) is 5.38 Å². The van der Waals surface area contributed by atoms with Crippen LogP contribution in [0.25, 0.3) is 0 Å². The highest BCUT2D eigenvalue weighted by Crippen LogP contribution is 1.95. The van der Waals surface area contributed by atoms with Gasteiger partial charge in [0.05, 0.1) is 6.54 Å². The standard InChI is InChI=1S/C6H7NO2S/c1-5(8)4-7-6(9)2-3-10-7/h2-3,8H,1,4H2. The predicted molar refractivity (Wildman–Crippen MR) is 40.3 cm³/mol. The summed E-state index contributed by atoms with van der Waals surface area (Å²) in [6.07, 6.45) is 0. The quantitative estimate of drug-likeness (QED) is 0.650. The third-order valence-corrected chi connectivity index (χ3v) is 1.79. The van der Waals surface area contributed by atoms with Gasteiger partial charge in [0.25, 0.3) is 5.56 Å². The largest absolute Gasteiger partial charge is 0.511 e. The molecule has 1 aromatic heterocycles. The third-order valence-electron chi connectivity index (χ3n) is 0.971. The molecule has 1 heterocycles. The zero-order chi connectivity index (χ0) is 7.56. The summed E-state index contributed by atoms with van der Waals surface area (Å²) in [5.41, 5.74) is -0.0970. The summed E-state index contributed by atoms with van der Waals surface area (Å²) in [5.74, 6) is 0.00421. The lowest BCUT2D eigenvalue weighted by Crippen LogP contribution is -2.12. The molecule has 54 valence electrons. The van der Waals surface area contributed by atoms with Crippen molar-refractivity contribution in [2.45, 2.75) is 6.54 Å². The lowest BCUT2D eigenvalue weighted by Gasteiger charge is -1.95. The lowest BCUT2D eigenvalue weighted by atomic mass is 10.5. The van der Waals surface area contributed by atoms with Crippen molar-refractivity contribution in [1.82, 2.24) is 3.96 Å². The number of aromatic nitrogens is 1. The first-order chi connectivity index (χ1) is 4.70. The van der Waals surface area contributed by atoms with E-state index >= 15 is 0 Å². The predicted octanol–water partition coefficient (Wildman–Crippen LogP) is 0.982. The maximum absolute atomic E-state index is 10.8. The molecule has 0 aliphatic carbocycles. The minimum Gasteiger partial charge on any atom is -0.511 e. The van der Waals surface area contributed by atoms with E-state index in [0.717, 1.165) is 0 Å². The van der Waals surface area contributed by atoms with Crippen LogP contribution in [-0.2, 0) is 6.54 Å². The maximum Gasteiger partial charge on any atom is 0.260 e. The molecule has 0 saturated heterocycles. The minimum absolute atomic E-state index is 0.00421. The summed E-state index contributed by atoms with van der Waals surface area (Å²) in [6, 6.07) is 1.45. The van der Waals surface area contributed by atoms with Gasteiger partial charge in [-0.15, -0.1) is 0 Å². The number of aliphatic hydroxyl groups is 1. The van der Waals surface area contributed by atoms with Gasteiger partial charge >= 0.3 is 0 Å². The fourth-order valence-corrected chi connectivity index (χ4v) is 1.29. The highest BCUT2D eigenvalue weighted by Gasteiger charge is 1.95. The summed E-state index contributed by atoms with van der Waals surface area (Å²) in [4.78, 5) is 10.8. The molecule has 0 atom stereocenters. The van der Waals surface area contributed by atoms with Crippen molar-refractivity contribution in [3.8, 4) is 0 Å². The number of nitrogens with zero attached hydrogens (tertiary/aromatic N) is 1. The number of hydrogen-bond acceptors (Lipinski definition) is 3. The SMILES string of the molecule is C=C(O)Cn1sccc1=O. The second-order valence-corrected chi connectivity index (χ2v) is 2.77. The summed E-state index contributed by atoms with van der Waals surface area (Å²) in [7, 11) is 0. The highest BCUT2D eigenvalue weighted by molar-refractivity contribution is 7.04. The molecule has 0 aliphatic rings. The summed E-state index contributed by atoms with van der Waals surface area (Å²) in [6.45, 7) is 3.48. The van der Waals surface area contributed by atoms with Crippen LogP contribution in [0.4, 0.5) is 0 Å². The molecule has 0 spiro atoms. The number of aliphatic hydroxyl groups excluding tert-OH is 1. The van der Waals surface area contributed by atoms with E-state index in [1.165, 1.54) is 21.6 Å². The van der Waals surface area contributed by atoms with Crippen LogP contribution in [0.5, 0.6) is 0 Å². The molecule has 10 heavy (non-hydrogen) atoms. The molecule has 3 nitrogen and oxygen atoms in total. The van der Waals surface area contributed by atoms with Crippen LogP contribution < -0.4 is 5.56 Å². The molecule has 1 rings (SSSR count). The molecule has 0 aliphatic heterocycles. The van der Waals surface area contributed by atoms with Crippen molar-refractivity contribution in [1.29, 1.82) is 0 Å². The van der Waals surface area contributed by atoms with Gasteiger partial charge in [-0.2, -0.15) is 0 Å². The Morgan fingerprint density at radius 3 is 3.00 bits per heavy atom. The smallest absolute Gasteiger partial charge is 0.260 e. The zero-order valence-corrected chi connectivity index (χ0v) is 6.10. The fraction of sp³-hybridized carbons (Fsp3) is 0.167. The Balaban J connectivity index is 2.85. The molecule has 1 aromatic rings. The van der Waals surface area contributed by atoms with Crippen molar-refractivity contribution in [3.63, 3.8) is 0 Å². The number of allylic oxidation sites excluding steroid dienone is 1. The van der Waals surface area contributed by atoms with Crippen LogP contribution >= 0.6 is 11.5 Å². The van der Waals surface area contributed by atoms with Gasteiger partial charge in [0.1, 0.15) is 5.76 Å². The van der Waals surface area contributed by atoms with Gasteiger partial charge in [-0.25, -0.2) is 0 Å². The van der Waals surface area contributed by atoms with Crippen LogP contribution in [0.15, 0.2) is 28.6 Å². The van der Waals surface area contributed by atoms with Gasteiger partial charge in [-0.05, 0) is 0 Å². The Hall–Kier alpha value is -1.03. The minimum atomic E-state index is -0.0970. The van der Waals surface area contributed by atoms with Gasteiger partial charge in [-0.3, -0.25) is 8.75 Å². The van der Waals surface area contributed by atoms with Crippen LogP contribution in [0.3, 0.4) is 0 Å². The summed E-state index contributed by atoms with van der Waals surface area (Å²) >= 11 is 1.26. The molecule has 1 N–H and O–H groups in total. The van der Waals surface area contributed by atoms with Crippen molar-refractivity contribution >= 4 is 11.5 Å². The van der Waals surface area contributed by atoms with Crippen LogP contribution in [0.1, 0.15) is 0 Å². The van der Waals surface area contributed by atoms with Gasteiger partial charge in [0.15, 0.2) is 0 Å². The maximum atomic E-state index is 10.8. The number of rotatable bonds is 2. The Bertz CT molecular complexity index is 286. The van der Waals surface area contributed by atoms with Gasteiger partial charge in [0, 0.05) is 11.4 Å². The van der Waals surface area contributed by atoms with Crippen LogP contribution in [0.2, 0.25) is 0 Å². The topological polar surface area (TPSA) is 42.2 Å². The normalized spacial score (nSPS) is 9.60. The van der Waals surface area contributed by atoms with Crippen molar-refractivity contribution in [2.75, 3.05) is 0 Å². The van der Waals surface area contributed by atoms with Crippen molar-refractivity contribution in [3.05, 3.63) is 34.1 Å². The second kappa shape index (κ2) is 2.70. The fourth-order valence-electron chi connectivity index (χ4n) is 0.578. The molecule has 0 fully saturated rings. The van der Waals surface area contributed by atoms with Crippen molar-refractivity contribution < 1.29 is 5.11 Å². The second-order valence-electron chi connectivity index (χ2n) is 1.85. The van der Waals surface area contributed by atoms with Gasteiger partial charge in [0.2, 0.25) is 0 Å². The molecule has 0 radical (unpaired) electrons. The van der Waals surface area contributed by atoms with E-state index in [1.807, 2.05) is 0 Å². The van der Waals surface area contributed by atoms with Crippen molar-refractivity contribution in [2.24, 2.45) is 0 Å². The highest BCUT2D eigenvalue weighted by atomic mass is 32.1. The van der Waals surface area contributed by atoms with Gasteiger partial charge in [-0.1, -0.05) is 18.1 Å². The first-order valence-corrected chi connectivity index (χ1v) is 3.55. The average Bonchev–Trinajstić information content (AvgIpc) is 2.15. The van der Waals surface area contributed by atoms with E-state index < -0.39 is 0 Å². The molecule has 0 aromatic carbocycles. The van der Waals surface area contributed by atoms with E-state index in [0.29, 0.717) is 0 Å². The van der Waals surface area contributed by atoms with E-state index in [2.05, 4.69) is 6.58 Å². The Kier molecular flexibility index (Phi) is 1.91. The molecule has 4 heteroatoms.